The molecule has 1 atom stereocenters. The lowest BCUT2D eigenvalue weighted by Gasteiger charge is -2.10. The summed E-state index contributed by atoms with van der Waals surface area (Å²) < 4.78 is 1.55. The number of hydrogen-bond acceptors (Lipinski definition) is 3. The predicted octanol–water partition coefficient (Wildman–Crippen LogP) is 0.381. The Morgan fingerprint density at radius 2 is 2.38 bits per heavy atom. The number of carbonyl (C=O) groups excluding carboxylic acids is 1. The molecule has 1 amide bonds. The van der Waals surface area contributed by atoms with Gasteiger partial charge in [-0.2, -0.15) is 5.10 Å². The van der Waals surface area contributed by atoms with Crippen LogP contribution in [0.3, 0.4) is 0 Å². The van der Waals surface area contributed by atoms with Crippen LogP contribution in [-0.4, -0.2) is 27.2 Å². The van der Waals surface area contributed by atoms with Gasteiger partial charge in [-0.1, -0.05) is 19.1 Å². The average molecular weight is 240 g/mol. The number of nitrogens with zero attached hydrogens (tertiary/aromatic N) is 2. The van der Waals surface area contributed by atoms with Gasteiger partial charge in [0.15, 0.2) is 0 Å². The number of rotatable bonds is 4. The molecule has 0 aromatic carbocycles. The lowest BCUT2D eigenvalue weighted by atomic mass is 10.2. The summed E-state index contributed by atoms with van der Waals surface area (Å²) in [7, 11) is 1.74. The minimum Gasteiger partial charge on any atom is -0.393 e. The highest BCUT2D eigenvalue weighted by Crippen LogP contribution is 2.02. The Kier molecular flexibility index (Phi) is 4.00. The zero-order valence-electron chi connectivity index (χ0n) is 9.65. The molecular weight excluding hydrogens is 224 g/mol. The minimum absolute atomic E-state index is 0.00623. The maximum absolute atomic E-state index is 11.7. The lowest BCUT2D eigenvalue weighted by Crippen LogP contribution is -2.34. The molecule has 1 unspecified atom stereocenters. The summed E-state index contributed by atoms with van der Waals surface area (Å²) in [6.07, 6.45) is 0. The van der Waals surface area contributed by atoms with Crippen LogP contribution in [0.5, 0.6) is 0 Å². The molecule has 0 aliphatic carbocycles. The lowest BCUT2D eigenvalue weighted by molar-refractivity contribution is 0.0942. The van der Waals surface area contributed by atoms with Crippen molar-refractivity contribution < 1.29 is 4.79 Å². The molecule has 0 spiro atoms. The van der Waals surface area contributed by atoms with Crippen LogP contribution in [0, 0.1) is 12.8 Å². The number of hydrogen-bond donors (Lipinski definition) is 2. The molecule has 0 saturated heterocycles. The van der Waals surface area contributed by atoms with Crippen LogP contribution in [0.15, 0.2) is 6.07 Å². The van der Waals surface area contributed by atoms with E-state index in [1.54, 1.807) is 17.8 Å². The van der Waals surface area contributed by atoms with Crippen LogP contribution in [0.25, 0.3) is 0 Å². The summed E-state index contributed by atoms with van der Waals surface area (Å²) in [4.78, 5) is 12.2. The van der Waals surface area contributed by atoms with Crippen molar-refractivity contribution in [2.75, 3.05) is 6.54 Å². The normalized spacial score (nSPS) is 12.2. The van der Waals surface area contributed by atoms with Gasteiger partial charge in [0, 0.05) is 19.5 Å². The fraction of sp³-hybridized carbons (Fsp3) is 0.500. The van der Waals surface area contributed by atoms with Crippen molar-refractivity contribution in [3.8, 4) is 0 Å². The van der Waals surface area contributed by atoms with Crippen molar-refractivity contribution in [3.63, 3.8) is 0 Å². The second kappa shape index (κ2) is 5.07. The molecule has 0 aliphatic heterocycles. The molecule has 1 rings (SSSR count). The van der Waals surface area contributed by atoms with E-state index < -0.39 is 0 Å². The van der Waals surface area contributed by atoms with E-state index in [1.165, 1.54) is 0 Å². The monoisotopic (exact) mass is 240 g/mol. The second-order valence-electron chi connectivity index (χ2n) is 3.81. The number of nitrogens with one attached hydrogen (secondary N) is 1. The Morgan fingerprint density at radius 1 is 1.75 bits per heavy atom. The number of nitrogens with two attached hydrogens (primary N) is 1. The summed E-state index contributed by atoms with van der Waals surface area (Å²) >= 11 is 4.83. The third-order valence-corrected chi connectivity index (χ3v) is 2.69. The quantitative estimate of drug-likeness (QED) is 0.746. The highest BCUT2D eigenvalue weighted by atomic mass is 32.1. The smallest absolute Gasteiger partial charge is 0.269 e. The number of carbonyl (C=O) groups is 1. The van der Waals surface area contributed by atoms with Crippen molar-refractivity contribution >= 4 is 23.1 Å². The highest BCUT2D eigenvalue weighted by molar-refractivity contribution is 7.80. The van der Waals surface area contributed by atoms with Gasteiger partial charge in [0.25, 0.3) is 5.91 Å². The van der Waals surface area contributed by atoms with Crippen LogP contribution >= 0.6 is 12.2 Å². The van der Waals surface area contributed by atoms with Gasteiger partial charge in [0.1, 0.15) is 5.69 Å². The first-order valence-corrected chi connectivity index (χ1v) is 5.40. The SMILES string of the molecule is Cc1cc(C(=O)NCC(C)C(N)=S)n(C)n1. The second-order valence-corrected chi connectivity index (χ2v) is 4.28. The van der Waals surface area contributed by atoms with E-state index in [0.29, 0.717) is 17.2 Å². The third kappa shape index (κ3) is 3.03. The minimum atomic E-state index is -0.161. The van der Waals surface area contributed by atoms with Crippen LogP contribution in [0.4, 0.5) is 0 Å². The molecule has 5 nitrogen and oxygen atoms in total. The third-order valence-electron chi connectivity index (χ3n) is 2.29. The molecule has 0 saturated carbocycles. The Balaban J connectivity index is 2.60. The molecule has 0 aliphatic rings. The summed E-state index contributed by atoms with van der Waals surface area (Å²) in [5.41, 5.74) is 6.81. The maximum atomic E-state index is 11.7. The summed E-state index contributed by atoms with van der Waals surface area (Å²) in [6, 6.07) is 1.74. The first-order chi connectivity index (χ1) is 7.41. The van der Waals surface area contributed by atoms with E-state index >= 15 is 0 Å². The van der Waals surface area contributed by atoms with Gasteiger partial charge < -0.3 is 11.1 Å². The Labute approximate surface area is 100 Å². The topological polar surface area (TPSA) is 72.9 Å². The summed E-state index contributed by atoms with van der Waals surface area (Å²) in [5, 5.41) is 6.87. The van der Waals surface area contributed by atoms with Gasteiger partial charge in [-0.3, -0.25) is 9.48 Å². The van der Waals surface area contributed by atoms with E-state index in [0.717, 1.165) is 5.69 Å². The molecule has 0 fully saturated rings. The number of aromatic nitrogens is 2. The van der Waals surface area contributed by atoms with Crippen molar-refractivity contribution in [2.45, 2.75) is 13.8 Å². The van der Waals surface area contributed by atoms with Crippen LogP contribution < -0.4 is 11.1 Å². The predicted molar refractivity (Wildman–Crippen MR) is 66.2 cm³/mol. The highest BCUT2D eigenvalue weighted by Gasteiger charge is 2.13. The zero-order chi connectivity index (χ0) is 12.3. The van der Waals surface area contributed by atoms with Gasteiger partial charge in [0.2, 0.25) is 0 Å². The largest absolute Gasteiger partial charge is 0.393 e. The van der Waals surface area contributed by atoms with Crippen LogP contribution in [0.2, 0.25) is 0 Å². The van der Waals surface area contributed by atoms with Gasteiger partial charge in [-0.25, -0.2) is 0 Å². The molecule has 1 aromatic rings. The number of aryl methyl sites for hydroxylation is 2. The fourth-order valence-electron chi connectivity index (χ4n) is 1.26. The first kappa shape index (κ1) is 12.6. The molecule has 6 heteroatoms. The number of amides is 1. The van der Waals surface area contributed by atoms with Crippen molar-refractivity contribution in [1.82, 2.24) is 15.1 Å². The van der Waals surface area contributed by atoms with E-state index in [1.807, 2.05) is 13.8 Å². The van der Waals surface area contributed by atoms with Crippen LogP contribution in [0.1, 0.15) is 23.1 Å². The molecule has 16 heavy (non-hydrogen) atoms. The Morgan fingerprint density at radius 3 is 2.81 bits per heavy atom. The van der Waals surface area contributed by atoms with Crippen molar-refractivity contribution in [3.05, 3.63) is 17.5 Å². The molecule has 1 heterocycles. The molecule has 3 N–H and O–H groups in total. The van der Waals surface area contributed by atoms with E-state index in [2.05, 4.69) is 10.4 Å². The van der Waals surface area contributed by atoms with Gasteiger partial charge in [-0.15, -0.1) is 0 Å². The van der Waals surface area contributed by atoms with Crippen LogP contribution in [-0.2, 0) is 7.05 Å². The van der Waals surface area contributed by atoms with E-state index in [4.69, 9.17) is 18.0 Å². The standard InChI is InChI=1S/C10H16N4OS/c1-6(9(11)16)5-12-10(15)8-4-7(2)13-14(8)3/h4,6H,5H2,1-3H3,(H2,11,16)(H,12,15). The van der Waals surface area contributed by atoms with Gasteiger partial charge >= 0.3 is 0 Å². The van der Waals surface area contributed by atoms with E-state index in [9.17, 15) is 4.79 Å². The fourth-order valence-corrected chi connectivity index (χ4v) is 1.34. The molecule has 88 valence electrons. The van der Waals surface area contributed by atoms with Gasteiger partial charge in [-0.05, 0) is 13.0 Å². The van der Waals surface area contributed by atoms with Crippen molar-refractivity contribution in [2.24, 2.45) is 18.7 Å². The number of thiocarbonyl (C=S) groups is 1. The molecule has 1 aromatic heterocycles. The average Bonchev–Trinajstić information content (AvgIpc) is 2.53. The Hall–Kier alpha value is -1.43. The maximum Gasteiger partial charge on any atom is 0.269 e. The Bertz CT molecular complexity index is 413. The molecule has 0 radical (unpaired) electrons. The zero-order valence-corrected chi connectivity index (χ0v) is 10.5. The first-order valence-electron chi connectivity index (χ1n) is 5.00. The summed E-state index contributed by atoms with van der Waals surface area (Å²) in [5.74, 6) is -0.167. The summed E-state index contributed by atoms with van der Waals surface area (Å²) in [6.45, 7) is 4.16. The molecule has 0 bridgehead atoms. The van der Waals surface area contributed by atoms with Gasteiger partial charge in [0.05, 0.1) is 10.7 Å². The molecular formula is C10H16N4OS. The van der Waals surface area contributed by atoms with E-state index in [-0.39, 0.29) is 11.8 Å². The van der Waals surface area contributed by atoms with Crippen molar-refractivity contribution in [1.29, 1.82) is 0 Å².